The van der Waals surface area contributed by atoms with Gasteiger partial charge < -0.3 is 4.79 Å². The van der Waals surface area contributed by atoms with Gasteiger partial charge in [-0.15, -0.1) is 0 Å². The minimum atomic E-state index is -0.130. The molecule has 1 aromatic rings. The Kier molecular flexibility index (Phi) is 3.42. The van der Waals surface area contributed by atoms with Crippen LogP contribution < -0.4 is 0 Å². The number of rotatable bonds is 3. The fourth-order valence-corrected chi connectivity index (χ4v) is 1.45. The number of carbonyl (C=O) groups excluding carboxylic acids is 1. The molecule has 1 atom stereocenters. The van der Waals surface area contributed by atoms with Crippen molar-refractivity contribution in [1.29, 1.82) is 0 Å². The van der Waals surface area contributed by atoms with E-state index < -0.39 is 0 Å². The summed E-state index contributed by atoms with van der Waals surface area (Å²) in [5, 5.41) is 0. The average molecular weight is 191 g/mol. The predicted molar refractivity (Wildman–Crippen MR) is 58.4 cm³/mol. The normalized spacial score (nSPS) is 12.9. The SMILES string of the molecule is Cc1ccc(C(C=O)N(C)C)cc1C. The van der Waals surface area contributed by atoms with Crippen LogP contribution in [0.2, 0.25) is 0 Å². The molecule has 0 saturated heterocycles. The van der Waals surface area contributed by atoms with Crippen molar-refractivity contribution in [2.24, 2.45) is 0 Å². The summed E-state index contributed by atoms with van der Waals surface area (Å²) in [4.78, 5) is 12.8. The highest BCUT2D eigenvalue weighted by Gasteiger charge is 2.12. The molecule has 0 spiro atoms. The van der Waals surface area contributed by atoms with Gasteiger partial charge in [0.05, 0.1) is 6.04 Å². The van der Waals surface area contributed by atoms with E-state index in [1.54, 1.807) is 0 Å². The third kappa shape index (κ3) is 2.20. The molecule has 2 nitrogen and oxygen atoms in total. The van der Waals surface area contributed by atoms with Crippen molar-refractivity contribution < 1.29 is 4.79 Å². The van der Waals surface area contributed by atoms with Crippen molar-refractivity contribution in [2.45, 2.75) is 19.9 Å². The minimum absolute atomic E-state index is 0.130. The highest BCUT2D eigenvalue weighted by atomic mass is 16.1. The number of carbonyl (C=O) groups is 1. The summed E-state index contributed by atoms with van der Waals surface area (Å²) in [7, 11) is 3.82. The van der Waals surface area contributed by atoms with Crippen molar-refractivity contribution in [3.05, 3.63) is 34.9 Å². The van der Waals surface area contributed by atoms with Crippen LogP contribution in [0.1, 0.15) is 22.7 Å². The molecule has 0 aromatic heterocycles. The Labute approximate surface area is 85.5 Å². The zero-order chi connectivity index (χ0) is 10.7. The number of aryl methyl sites for hydroxylation is 2. The van der Waals surface area contributed by atoms with Gasteiger partial charge in [0.2, 0.25) is 0 Å². The van der Waals surface area contributed by atoms with E-state index in [1.165, 1.54) is 11.1 Å². The van der Waals surface area contributed by atoms with Crippen LogP contribution in [0.4, 0.5) is 0 Å². The van der Waals surface area contributed by atoms with E-state index in [4.69, 9.17) is 0 Å². The average Bonchev–Trinajstić information content (AvgIpc) is 2.11. The molecule has 0 N–H and O–H groups in total. The summed E-state index contributed by atoms with van der Waals surface area (Å²) in [6.45, 7) is 4.14. The first-order valence-corrected chi connectivity index (χ1v) is 4.75. The standard InChI is InChI=1S/C12H17NO/c1-9-5-6-11(7-10(9)2)12(8-14)13(3)4/h5-8,12H,1-4H3. The zero-order valence-corrected chi connectivity index (χ0v) is 9.24. The van der Waals surface area contributed by atoms with Crippen LogP contribution in [-0.2, 0) is 4.79 Å². The molecule has 0 saturated carbocycles. The zero-order valence-electron chi connectivity index (χ0n) is 9.24. The summed E-state index contributed by atoms with van der Waals surface area (Å²) in [5.74, 6) is 0. The molecular weight excluding hydrogens is 174 g/mol. The Balaban J connectivity index is 3.05. The largest absolute Gasteiger partial charge is 0.301 e. The topological polar surface area (TPSA) is 20.3 Å². The van der Waals surface area contributed by atoms with E-state index in [1.807, 2.05) is 25.1 Å². The lowest BCUT2D eigenvalue weighted by molar-refractivity contribution is -0.111. The van der Waals surface area contributed by atoms with Crippen LogP contribution in [0.25, 0.3) is 0 Å². The molecule has 14 heavy (non-hydrogen) atoms. The number of nitrogens with zero attached hydrogens (tertiary/aromatic N) is 1. The van der Waals surface area contributed by atoms with Gasteiger partial charge in [-0.25, -0.2) is 0 Å². The number of aldehydes is 1. The third-order valence-electron chi connectivity index (χ3n) is 2.56. The Morgan fingerprint density at radius 1 is 1.21 bits per heavy atom. The maximum atomic E-state index is 10.9. The van der Waals surface area contributed by atoms with Crippen LogP contribution in [-0.4, -0.2) is 25.3 Å². The van der Waals surface area contributed by atoms with Crippen LogP contribution in [0.15, 0.2) is 18.2 Å². The number of likely N-dealkylation sites (N-methyl/N-ethyl adjacent to an activating group) is 1. The molecule has 0 heterocycles. The summed E-state index contributed by atoms with van der Waals surface area (Å²) >= 11 is 0. The van der Waals surface area contributed by atoms with Gasteiger partial charge in [-0.2, -0.15) is 0 Å². The second-order valence-corrected chi connectivity index (χ2v) is 3.89. The van der Waals surface area contributed by atoms with E-state index in [2.05, 4.69) is 26.0 Å². The smallest absolute Gasteiger partial charge is 0.141 e. The lowest BCUT2D eigenvalue weighted by Gasteiger charge is -2.19. The molecule has 0 fully saturated rings. The molecule has 0 radical (unpaired) electrons. The van der Waals surface area contributed by atoms with Crippen LogP contribution in [0.3, 0.4) is 0 Å². The second-order valence-electron chi connectivity index (χ2n) is 3.89. The molecule has 1 rings (SSSR count). The quantitative estimate of drug-likeness (QED) is 0.682. The Morgan fingerprint density at radius 3 is 2.29 bits per heavy atom. The van der Waals surface area contributed by atoms with Crippen molar-refractivity contribution in [3.8, 4) is 0 Å². The molecule has 0 aliphatic carbocycles. The lowest BCUT2D eigenvalue weighted by Crippen LogP contribution is -2.21. The molecule has 1 unspecified atom stereocenters. The number of hydrogen-bond acceptors (Lipinski definition) is 2. The fourth-order valence-electron chi connectivity index (χ4n) is 1.45. The summed E-state index contributed by atoms with van der Waals surface area (Å²) in [5.41, 5.74) is 3.56. The Hall–Kier alpha value is -1.15. The maximum absolute atomic E-state index is 10.9. The van der Waals surface area contributed by atoms with Gasteiger partial charge in [0.25, 0.3) is 0 Å². The number of hydrogen-bond donors (Lipinski definition) is 0. The lowest BCUT2D eigenvalue weighted by atomic mass is 10.0. The van der Waals surface area contributed by atoms with E-state index in [0.29, 0.717) is 0 Å². The van der Waals surface area contributed by atoms with Gasteiger partial charge in [-0.05, 0) is 44.6 Å². The molecule has 76 valence electrons. The third-order valence-corrected chi connectivity index (χ3v) is 2.56. The van der Waals surface area contributed by atoms with Crippen molar-refractivity contribution in [3.63, 3.8) is 0 Å². The highest BCUT2D eigenvalue weighted by molar-refractivity contribution is 5.61. The first-order valence-electron chi connectivity index (χ1n) is 4.75. The van der Waals surface area contributed by atoms with Crippen molar-refractivity contribution >= 4 is 6.29 Å². The monoisotopic (exact) mass is 191 g/mol. The van der Waals surface area contributed by atoms with Gasteiger partial charge >= 0.3 is 0 Å². The van der Waals surface area contributed by atoms with E-state index in [0.717, 1.165) is 11.8 Å². The van der Waals surface area contributed by atoms with Crippen LogP contribution in [0.5, 0.6) is 0 Å². The van der Waals surface area contributed by atoms with Gasteiger partial charge in [0.1, 0.15) is 6.29 Å². The van der Waals surface area contributed by atoms with Crippen molar-refractivity contribution in [2.75, 3.05) is 14.1 Å². The van der Waals surface area contributed by atoms with Gasteiger partial charge in [0.15, 0.2) is 0 Å². The molecule has 0 bridgehead atoms. The van der Waals surface area contributed by atoms with Gasteiger partial charge in [-0.3, -0.25) is 4.90 Å². The first-order chi connectivity index (χ1) is 6.56. The Bertz CT molecular complexity index is 331. The summed E-state index contributed by atoms with van der Waals surface area (Å²) in [6, 6.07) is 6.02. The van der Waals surface area contributed by atoms with E-state index in [9.17, 15) is 4.79 Å². The molecule has 0 aliphatic heterocycles. The van der Waals surface area contributed by atoms with Gasteiger partial charge in [-0.1, -0.05) is 18.2 Å². The fraction of sp³-hybridized carbons (Fsp3) is 0.417. The molecule has 2 heteroatoms. The molecule has 1 aromatic carbocycles. The van der Waals surface area contributed by atoms with E-state index in [-0.39, 0.29) is 6.04 Å². The van der Waals surface area contributed by atoms with Crippen LogP contribution in [0, 0.1) is 13.8 Å². The highest BCUT2D eigenvalue weighted by Crippen LogP contribution is 2.18. The van der Waals surface area contributed by atoms with Crippen LogP contribution >= 0.6 is 0 Å². The maximum Gasteiger partial charge on any atom is 0.141 e. The Morgan fingerprint density at radius 2 is 1.86 bits per heavy atom. The number of benzene rings is 1. The second kappa shape index (κ2) is 4.38. The molecule has 0 aliphatic rings. The molecule has 0 amide bonds. The summed E-state index contributed by atoms with van der Waals surface area (Å²) in [6.07, 6.45) is 0.976. The van der Waals surface area contributed by atoms with Gasteiger partial charge in [0, 0.05) is 0 Å². The predicted octanol–water partition coefficient (Wildman–Crippen LogP) is 2.11. The molecular formula is C12H17NO. The summed E-state index contributed by atoms with van der Waals surface area (Å²) < 4.78 is 0. The van der Waals surface area contributed by atoms with Crippen molar-refractivity contribution in [1.82, 2.24) is 4.90 Å². The van der Waals surface area contributed by atoms with E-state index >= 15 is 0 Å². The minimum Gasteiger partial charge on any atom is -0.301 e. The first kappa shape index (κ1) is 10.9.